The van der Waals surface area contributed by atoms with Gasteiger partial charge in [-0.1, -0.05) is 17.4 Å². The summed E-state index contributed by atoms with van der Waals surface area (Å²) in [5.41, 5.74) is 0.915. The van der Waals surface area contributed by atoms with Crippen LogP contribution >= 0.6 is 11.3 Å². The second-order valence-electron chi connectivity index (χ2n) is 4.87. The number of nitro benzene ring substituents is 1. The van der Waals surface area contributed by atoms with E-state index in [-0.39, 0.29) is 23.0 Å². The number of benzene rings is 1. The second kappa shape index (κ2) is 7.18. The average Bonchev–Trinajstić information content (AvgIpc) is 2.88. The van der Waals surface area contributed by atoms with E-state index in [4.69, 9.17) is 4.74 Å². The van der Waals surface area contributed by atoms with Crippen molar-refractivity contribution in [1.82, 2.24) is 4.98 Å². The van der Waals surface area contributed by atoms with Crippen LogP contribution in [0.15, 0.2) is 18.2 Å². The number of anilines is 1. The van der Waals surface area contributed by atoms with Crippen molar-refractivity contribution in [2.24, 2.45) is 0 Å². The molecule has 0 fully saturated rings. The topological polar surface area (TPSA) is 111 Å². The van der Waals surface area contributed by atoms with Crippen molar-refractivity contribution in [3.63, 3.8) is 0 Å². The van der Waals surface area contributed by atoms with Gasteiger partial charge in [0, 0.05) is 17.2 Å². The molecule has 0 radical (unpaired) electrons. The Labute approximate surface area is 141 Å². The summed E-state index contributed by atoms with van der Waals surface area (Å²) in [6.07, 6.45) is 0. The molecule has 0 saturated carbocycles. The Kier molecular flexibility index (Phi) is 5.24. The monoisotopic (exact) mass is 349 g/mol. The van der Waals surface area contributed by atoms with Gasteiger partial charge in [-0.2, -0.15) is 0 Å². The molecule has 0 aliphatic heterocycles. The van der Waals surface area contributed by atoms with E-state index in [1.165, 1.54) is 18.2 Å². The van der Waals surface area contributed by atoms with Gasteiger partial charge in [0.2, 0.25) is 0 Å². The van der Waals surface area contributed by atoms with Gasteiger partial charge in [-0.15, -0.1) is 0 Å². The number of ether oxygens (including phenoxy) is 1. The third-order valence-electron chi connectivity index (χ3n) is 3.15. The summed E-state index contributed by atoms with van der Waals surface area (Å²) in [6, 6.07) is 4.20. The lowest BCUT2D eigenvalue weighted by molar-refractivity contribution is -0.385. The molecule has 1 N–H and O–H groups in total. The molecule has 0 aliphatic rings. The smallest absolute Gasteiger partial charge is 0.350 e. The molecule has 24 heavy (non-hydrogen) atoms. The molecule has 126 valence electrons. The number of hydrogen-bond acceptors (Lipinski definition) is 7. The number of esters is 1. The predicted octanol–water partition coefficient (Wildman–Crippen LogP) is 3.10. The first-order chi connectivity index (χ1) is 11.3. The van der Waals surface area contributed by atoms with Gasteiger partial charge in [-0.3, -0.25) is 20.2 Å². The molecule has 1 heterocycles. The van der Waals surface area contributed by atoms with Crippen molar-refractivity contribution < 1.29 is 19.2 Å². The van der Waals surface area contributed by atoms with Crippen molar-refractivity contribution >= 4 is 34.0 Å². The second-order valence-corrected chi connectivity index (χ2v) is 5.87. The molecule has 1 amide bonds. The van der Waals surface area contributed by atoms with Crippen LogP contribution in [0.25, 0.3) is 0 Å². The summed E-state index contributed by atoms with van der Waals surface area (Å²) in [4.78, 5) is 38.8. The zero-order chi connectivity index (χ0) is 17.9. The number of carbonyl (C=O) groups is 2. The van der Waals surface area contributed by atoms with Crippen LogP contribution in [-0.2, 0) is 4.74 Å². The van der Waals surface area contributed by atoms with E-state index >= 15 is 0 Å². The average molecular weight is 349 g/mol. The minimum Gasteiger partial charge on any atom is -0.462 e. The molecule has 0 bridgehead atoms. The fourth-order valence-electron chi connectivity index (χ4n) is 1.95. The van der Waals surface area contributed by atoms with Gasteiger partial charge >= 0.3 is 5.97 Å². The molecule has 0 aliphatic carbocycles. The molecular weight excluding hydrogens is 334 g/mol. The highest BCUT2D eigenvalue weighted by molar-refractivity contribution is 7.17. The molecule has 1 aromatic carbocycles. The Hall–Kier alpha value is -2.81. The molecule has 0 atom stereocenters. The standard InChI is InChI=1S/C15H15N3O5S/c1-4-23-14(20)12-9(3)16-15(24-12)17-13(19)10-6-5-8(2)11(7-10)18(21)22/h5-7H,4H2,1-3H3,(H,16,17,19). The van der Waals surface area contributed by atoms with Crippen LogP contribution in [0.3, 0.4) is 0 Å². The van der Waals surface area contributed by atoms with Gasteiger partial charge in [-0.25, -0.2) is 9.78 Å². The summed E-state index contributed by atoms with van der Waals surface area (Å²) in [6.45, 7) is 5.16. The summed E-state index contributed by atoms with van der Waals surface area (Å²) in [5.74, 6) is -1.04. The normalized spacial score (nSPS) is 10.3. The van der Waals surface area contributed by atoms with Crippen LogP contribution in [0.1, 0.15) is 38.2 Å². The minimum absolute atomic E-state index is 0.134. The zero-order valence-electron chi connectivity index (χ0n) is 13.3. The highest BCUT2D eigenvalue weighted by atomic mass is 32.1. The van der Waals surface area contributed by atoms with Crippen LogP contribution in [0.4, 0.5) is 10.8 Å². The number of thiazole rings is 1. The molecule has 9 heteroatoms. The van der Waals surface area contributed by atoms with Gasteiger partial charge in [0.15, 0.2) is 5.13 Å². The summed E-state index contributed by atoms with van der Waals surface area (Å²) < 4.78 is 4.91. The number of aryl methyl sites for hydroxylation is 2. The number of amides is 1. The molecular formula is C15H15N3O5S. The lowest BCUT2D eigenvalue weighted by atomic mass is 10.1. The Morgan fingerprint density at radius 1 is 1.38 bits per heavy atom. The lowest BCUT2D eigenvalue weighted by Gasteiger charge is -2.03. The largest absolute Gasteiger partial charge is 0.462 e. The maximum Gasteiger partial charge on any atom is 0.350 e. The number of nitro groups is 1. The predicted molar refractivity (Wildman–Crippen MR) is 88.6 cm³/mol. The first-order valence-electron chi connectivity index (χ1n) is 7.04. The van der Waals surface area contributed by atoms with E-state index in [0.717, 1.165) is 11.3 Å². The number of hydrogen-bond donors (Lipinski definition) is 1. The van der Waals surface area contributed by atoms with Crippen molar-refractivity contribution in [3.05, 3.63) is 50.0 Å². The van der Waals surface area contributed by atoms with Gasteiger partial charge < -0.3 is 4.74 Å². The van der Waals surface area contributed by atoms with Crippen molar-refractivity contribution in [2.75, 3.05) is 11.9 Å². The van der Waals surface area contributed by atoms with Gasteiger partial charge in [-0.05, 0) is 26.8 Å². The van der Waals surface area contributed by atoms with Crippen LogP contribution in [0.5, 0.6) is 0 Å². The number of aromatic nitrogens is 1. The van der Waals surface area contributed by atoms with Gasteiger partial charge in [0.05, 0.1) is 17.2 Å². The number of rotatable bonds is 5. The van der Waals surface area contributed by atoms with Crippen LogP contribution < -0.4 is 5.32 Å². The quantitative estimate of drug-likeness (QED) is 0.504. The van der Waals surface area contributed by atoms with E-state index < -0.39 is 16.8 Å². The Morgan fingerprint density at radius 2 is 2.08 bits per heavy atom. The highest BCUT2D eigenvalue weighted by Crippen LogP contribution is 2.25. The zero-order valence-corrected chi connectivity index (χ0v) is 14.1. The minimum atomic E-state index is -0.543. The first-order valence-corrected chi connectivity index (χ1v) is 7.86. The maximum atomic E-state index is 12.2. The maximum absolute atomic E-state index is 12.2. The Morgan fingerprint density at radius 3 is 2.71 bits per heavy atom. The van der Waals surface area contributed by atoms with E-state index in [1.54, 1.807) is 20.8 Å². The fourth-order valence-corrected chi connectivity index (χ4v) is 2.81. The molecule has 0 spiro atoms. The molecule has 0 saturated heterocycles. The first kappa shape index (κ1) is 17.5. The fraction of sp³-hybridized carbons (Fsp3) is 0.267. The van der Waals surface area contributed by atoms with Gasteiger partial charge in [0.25, 0.3) is 11.6 Å². The molecule has 8 nitrogen and oxygen atoms in total. The van der Waals surface area contributed by atoms with E-state index in [1.807, 2.05) is 0 Å². The van der Waals surface area contributed by atoms with Crippen molar-refractivity contribution in [2.45, 2.75) is 20.8 Å². The van der Waals surface area contributed by atoms with E-state index in [2.05, 4.69) is 10.3 Å². The summed E-state index contributed by atoms with van der Waals surface area (Å²) in [7, 11) is 0. The van der Waals surface area contributed by atoms with Crippen molar-refractivity contribution in [1.29, 1.82) is 0 Å². The molecule has 1 aromatic heterocycles. The number of carbonyl (C=O) groups excluding carboxylic acids is 2. The molecule has 2 aromatic rings. The molecule has 2 rings (SSSR count). The summed E-state index contributed by atoms with van der Waals surface area (Å²) >= 11 is 0.993. The Balaban J connectivity index is 2.21. The van der Waals surface area contributed by atoms with Gasteiger partial charge in [0.1, 0.15) is 4.88 Å². The third kappa shape index (κ3) is 3.74. The lowest BCUT2D eigenvalue weighted by Crippen LogP contribution is -2.12. The molecule has 0 unspecified atom stereocenters. The van der Waals surface area contributed by atoms with Crippen LogP contribution in [-0.4, -0.2) is 28.4 Å². The Bertz CT molecular complexity index is 815. The van der Waals surface area contributed by atoms with Crippen LogP contribution in [0, 0.1) is 24.0 Å². The summed E-state index contributed by atoms with van der Waals surface area (Å²) in [5, 5.41) is 13.7. The van der Waals surface area contributed by atoms with E-state index in [9.17, 15) is 19.7 Å². The third-order valence-corrected chi connectivity index (χ3v) is 4.20. The number of nitrogens with zero attached hydrogens (tertiary/aromatic N) is 2. The number of nitrogens with one attached hydrogen (secondary N) is 1. The van der Waals surface area contributed by atoms with E-state index in [0.29, 0.717) is 16.1 Å². The highest BCUT2D eigenvalue weighted by Gasteiger charge is 2.19. The van der Waals surface area contributed by atoms with Crippen molar-refractivity contribution in [3.8, 4) is 0 Å². The SMILES string of the molecule is CCOC(=O)c1sc(NC(=O)c2ccc(C)c([N+](=O)[O-])c2)nc1C. The van der Waals surface area contributed by atoms with Crippen LogP contribution in [0.2, 0.25) is 0 Å².